The van der Waals surface area contributed by atoms with Gasteiger partial charge >= 0.3 is 5.97 Å². The third-order valence-electron chi connectivity index (χ3n) is 2.96. The minimum absolute atomic E-state index is 0.234. The summed E-state index contributed by atoms with van der Waals surface area (Å²) in [6.07, 6.45) is 4.28. The summed E-state index contributed by atoms with van der Waals surface area (Å²) in [6.45, 7) is 2.10. The van der Waals surface area contributed by atoms with Gasteiger partial charge in [0.2, 0.25) is 0 Å². The molecule has 0 bridgehead atoms. The number of ether oxygens (including phenoxy) is 1. The van der Waals surface area contributed by atoms with E-state index in [1.807, 2.05) is 6.92 Å². The van der Waals surface area contributed by atoms with E-state index >= 15 is 0 Å². The molecule has 0 aromatic carbocycles. The first-order valence-electron chi connectivity index (χ1n) is 6.35. The predicted octanol–water partition coefficient (Wildman–Crippen LogP) is 0.736. The first kappa shape index (κ1) is 14.7. The van der Waals surface area contributed by atoms with Crippen LogP contribution in [-0.4, -0.2) is 40.3 Å². The van der Waals surface area contributed by atoms with Gasteiger partial charge in [-0.25, -0.2) is 9.78 Å². The Balaban J connectivity index is 2.08. The third-order valence-corrected chi connectivity index (χ3v) is 2.96. The van der Waals surface area contributed by atoms with E-state index < -0.39 is 5.97 Å². The van der Waals surface area contributed by atoms with E-state index in [1.54, 1.807) is 17.8 Å². The van der Waals surface area contributed by atoms with Gasteiger partial charge in [-0.15, -0.1) is 0 Å². The van der Waals surface area contributed by atoms with Crippen molar-refractivity contribution in [3.63, 3.8) is 0 Å². The lowest BCUT2D eigenvalue weighted by Crippen LogP contribution is -2.23. The minimum atomic E-state index is -0.460. The number of nitrogens with zero attached hydrogens (tertiary/aromatic N) is 3. The molecule has 0 aliphatic heterocycles. The Hall–Kier alpha value is -2.70. The Morgan fingerprint density at radius 3 is 2.95 bits per heavy atom. The van der Waals surface area contributed by atoms with Crippen LogP contribution >= 0.6 is 0 Å². The highest BCUT2D eigenvalue weighted by atomic mass is 16.5. The number of hydrogen-bond acceptors (Lipinski definition) is 5. The zero-order chi connectivity index (χ0) is 15.4. The molecule has 21 heavy (non-hydrogen) atoms. The third kappa shape index (κ3) is 3.25. The molecule has 2 rings (SSSR count). The van der Waals surface area contributed by atoms with Gasteiger partial charge in [0.1, 0.15) is 0 Å². The van der Waals surface area contributed by atoms with Crippen LogP contribution in [0.25, 0.3) is 11.0 Å². The van der Waals surface area contributed by atoms with Crippen molar-refractivity contribution in [3.05, 3.63) is 35.7 Å². The van der Waals surface area contributed by atoms with Crippen molar-refractivity contribution in [2.24, 2.45) is 7.05 Å². The quantitative estimate of drug-likeness (QED) is 0.662. The summed E-state index contributed by atoms with van der Waals surface area (Å²) in [6, 6.07) is 1.75. The normalized spacial score (nSPS) is 11.0. The first-order valence-corrected chi connectivity index (χ1v) is 6.35. The van der Waals surface area contributed by atoms with Gasteiger partial charge in [0, 0.05) is 31.3 Å². The number of nitrogens with one attached hydrogen (secondary N) is 1. The van der Waals surface area contributed by atoms with Crippen LogP contribution in [0.15, 0.2) is 24.4 Å². The SMILES string of the molecule is COC(=O)/C=C/CNC(=O)c1cnc2c(c1)c(C)nn2C. The highest BCUT2D eigenvalue weighted by Gasteiger charge is 2.11. The van der Waals surface area contributed by atoms with Crippen LogP contribution in [0.4, 0.5) is 0 Å². The molecule has 2 heterocycles. The average Bonchev–Trinajstić information content (AvgIpc) is 2.77. The second kappa shape index (κ2) is 6.17. The molecular formula is C14H16N4O3. The van der Waals surface area contributed by atoms with Crippen LogP contribution in [0.3, 0.4) is 0 Å². The highest BCUT2D eigenvalue weighted by molar-refractivity contribution is 5.97. The Kier molecular flexibility index (Phi) is 4.32. The maximum Gasteiger partial charge on any atom is 0.330 e. The van der Waals surface area contributed by atoms with Crippen LogP contribution < -0.4 is 5.32 Å². The number of aryl methyl sites for hydroxylation is 2. The fourth-order valence-corrected chi connectivity index (χ4v) is 1.91. The largest absolute Gasteiger partial charge is 0.466 e. The summed E-state index contributed by atoms with van der Waals surface area (Å²) in [5, 5.41) is 7.77. The average molecular weight is 288 g/mol. The summed E-state index contributed by atoms with van der Waals surface area (Å²) < 4.78 is 6.12. The van der Waals surface area contributed by atoms with E-state index in [0.29, 0.717) is 5.56 Å². The Morgan fingerprint density at radius 1 is 1.48 bits per heavy atom. The number of amides is 1. The fraction of sp³-hybridized carbons (Fsp3) is 0.286. The summed E-state index contributed by atoms with van der Waals surface area (Å²) in [5.74, 6) is -0.722. The summed E-state index contributed by atoms with van der Waals surface area (Å²) in [4.78, 5) is 27.1. The molecule has 0 aliphatic carbocycles. The van der Waals surface area contributed by atoms with Crippen LogP contribution in [0, 0.1) is 6.92 Å². The van der Waals surface area contributed by atoms with Gasteiger partial charge in [0.25, 0.3) is 5.91 Å². The second-order valence-corrected chi connectivity index (χ2v) is 4.44. The number of carbonyl (C=O) groups excluding carboxylic acids is 2. The number of methoxy groups -OCH3 is 1. The maximum absolute atomic E-state index is 12.0. The van der Waals surface area contributed by atoms with Crippen molar-refractivity contribution in [2.75, 3.05) is 13.7 Å². The second-order valence-electron chi connectivity index (χ2n) is 4.44. The van der Waals surface area contributed by atoms with Crippen LogP contribution in [0.5, 0.6) is 0 Å². The predicted molar refractivity (Wildman–Crippen MR) is 76.7 cm³/mol. The fourth-order valence-electron chi connectivity index (χ4n) is 1.91. The lowest BCUT2D eigenvalue weighted by Gasteiger charge is -2.02. The van der Waals surface area contributed by atoms with Crippen LogP contribution in [0.1, 0.15) is 16.1 Å². The Labute approximate surface area is 121 Å². The maximum atomic E-state index is 12.0. The number of pyridine rings is 1. The molecule has 0 saturated heterocycles. The van der Waals surface area contributed by atoms with Crippen LogP contribution in [-0.2, 0) is 16.6 Å². The Morgan fingerprint density at radius 2 is 2.24 bits per heavy atom. The molecular weight excluding hydrogens is 272 g/mol. The van der Waals surface area contributed by atoms with Gasteiger partial charge in [-0.3, -0.25) is 9.48 Å². The first-order chi connectivity index (χ1) is 10.0. The number of hydrogen-bond donors (Lipinski definition) is 1. The van der Waals surface area contributed by atoms with E-state index in [2.05, 4.69) is 20.1 Å². The zero-order valence-corrected chi connectivity index (χ0v) is 12.1. The lowest BCUT2D eigenvalue weighted by molar-refractivity contribution is -0.134. The van der Waals surface area contributed by atoms with Crippen molar-refractivity contribution in [1.82, 2.24) is 20.1 Å². The highest BCUT2D eigenvalue weighted by Crippen LogP contribution is 2.16. The van der Waals surface area contributed by atoms with Gasteiger partial charge in [-0.2, -0.15) is 5.10 Å². The molecule has 0 aliphatic rings. The number of carbonyl (C=O) groups is 2. The number of aromatic nitrogens is 3. The molecule has 2 aromatic heterocycles. The minimum Gasteiger partial charge on any atom is -0.466 e. The number of fused-ring (bicyclic) bond motifs is 1. The topological polar surface area (TPSA) is 86.1 Å². The van der Waals surface area contributed by atoms with E-state index in [4.69, 9.17) is 0 Å². The van der Waals surface area contributed by atoms with Crippen molar-refractivity contribution in [1.29, 1.82) is 0 Å². The smallest absolute Gasteiger partial charge is 0.330 e. The molecule has 7 nitrogen and oxygen atoms in total. The van der Waals surface area contributed by atoms with E-state index in [9.17, 15) is 9.59 Å². The number of esters is 1. The molecule has 0 atom stereocenters. The lowest BCUT2D eigenvalue weighted by atomic mass is 10.2. The van der Waals surface area contributed by atoms with E-state index in [1.165, 1.54) is 25.5 Å². The van der Waals surface area contributed by atoms with Gasteiger partial charge in [0.15, 0.2) is 5.65 Å². The molecule has 1 amide bonds. The van der Waals surface area contributed by atoms with Crippen molar-refractivity contribution in [3.8, 4) is 0 Å². The summed E-state index contributed by atoms with van der Waals surface area (Å²) in [5.41, 5.74) is 2.00. The van der Waals surface area contributed by atoms with Crippen molar-refractivity contribution >= 4 is 22.9 Å². The van der Waals surface area contributed by atoms with Crippen LogP contribution in [0.2, 0.25) is 0 Å². The monoisotopic (exact) mass is 288 g/mol. The standard InChI is InChI=1S/C14H16N4O3/c1-9-11-7-10(8-16-13(11)18(2)17-9)14(20)15-6-4-5-12(19)21-3/h4-5,7-8H,6H2,1-3H3,(H,15,20)/b5-4+. The van der Waals surface area contributed by atoms with Crippen molar-refractivity contribution < 1.29 is 14.3 Å². The molecule has 0 unspecified atom stereocenters. The molecule has 0 spiro atoms. The van der Waals surface area contributed by atoms with E-state index in [0.717, 1.165) is 16.7 Å². The Bertz CT molecular complexity index is 718. The molecule has 0 fully saturated rings. The summed E-state index contributed by atoms with van der Waals surface area (Å²) >= 11 is 0. The molecule has 7 heteroatoms. The van der Waals surface area contributed by atoms with Crippen molar-refractivity contribution in [2.45, 2.75) is 6.92 Å². The molecule has 0 saturated carbocycles. The summed E-state index contributed by atoms with van der Waals surface area (Å²) in [7, 11) is 3.10. The molecule has 110 valence electrons. The zero-order valence-electron chi connectivity index (χ0n) is 12.1. The van der Waals surface area contributed by atoms with Gasteiger partial charge < -0.3 is 10.1 Å². The number of rotatable bonds is 4. The van der Waals surface area contributed by atoms with Gasteiger partial charge in [-0.05, 0) is 13.0 Å². The molecule has 2 aromatic rings. The molecule has 1 N–H and O–H groups in total. The van der Waals surface area contributed by atoms with Gasteiger partial charge in [0.05, 0.1) is 18.4 Å². The van der Waals surface area contributed by atoms with E-state index in [-0.39, 0.29) is 12.5 Å². The van der Waals surface area contributed by atoms with Gasteiger partial charge in [-0.1, -0.05) is 6.08 Å². The molecule has 0 radical (unpaired) electrons.